The molecular weight excluding hydrogens is 269 g/mol. The highest BCUT2D eigenvalue weighted by Gasteiger charge is 2.25. The monoisotopic (exact) mass is 293 g/mol. The van der Waals surface area contributed by atoms with Crippen LogP contribution < -0.4 is 10.6 Å². The van der Waals surface area contributed by atoms with Gasteiger partial charge in [0.2, 0.25) is 0 Å². The van der Waals surface area contributed by atoms with Crippen LogP contribution in [0.4, 0.5) is 10.1 Å². The predicted molar refractivity (Wildman–Crippen MR) is 83.4 cm³/mol. The third-order valence-electron chi connectivity index (χ3n) is 4.66. The maximum Gasteiger partial charge on any atom is 0.172 e. The highest BCUT2D eigenvalue weighted by molar-refractivity contribution is 6.02. The summed E-state index contributed by atoms with van der Waals surface area (Å²) >= 11 is 0. The van der Waals surface area contributed by atoms with Gasteiger partial charge >= 0.3 is 0 Å². The molecule has 1 aliphatic rings. The van der Waals surface area contributed by atoms with Crippen molar-refractivity contribution in [2.45, 2.75) is 45.1 Å². The van der Waals surface area contributed by atoms with Gasteiger partial charge in [0, 0.05) is 24.3 Å². The van der Waals surface area contributed by atoms with Gasteiger partial charge in [-0.2, -0.15) is 0 Å². The van der Waals surface area contributed by atoms with E-state index < -0.39 is 0 Å². The van der Waals surface area contributed by atoms with Gasteiger partial charge < -0.3 is 15.8 Å². The lowest BCUT2D eigenvalue weighted by molar-refractivity contribution is 0.313. The summed E-state index contributed by atoms with van der Waals surface area (Å²) < 4.78 is 13.4. The second-order valence-electron chi connectivity index (χ2n) is 5.84. The lowest BCUT2D eigenvalue weighted by Gasteiger charge is -2.36. The average Bonchev–Trinajstić information content (AvgIpc) is 2.53. The molecule has 4 nitrogen and oxygen atoms in total. The highest BCUT2D eigenvalue weighted by atomic mass is 19.1. The molecular formula is C16H24FN3O. The molecule has 1 fully saturated rings. The Labute approximate surface area is 125 Å². The number of hydrogen-bond acceptors (Lipinski definition) is 3. The second kappa shape index (κ2) is 6.78. The number of anilines is 1. The summed E-state index contributed by atoms with van der Waals surface area (Å²) in [4.78, 5) is 2.14. The molecule has 1 saturated carbocycles. The first kappa shape index (κ1) is 15.6. The van der Waals surface area contributed by atoms with Crippen LogP contribution in [0.2, 0.25) is 0 Å². The largest absolute Gasteiger partial charge is 0.409 e. The highest BCUT2D eigenvalue weighted by Crippen LogP contribution is 2.32. The number of oxime groups is 1. The van der Waals surface area contributed by atoms with E-state index in [1.165, 1.54) is 31.4 Å². The molecule has 116 valence electrons. The van der Waals surface area contributed by atoms with E-state index in [4.69, 9.17) is 10.9 Å². The molecule has 0 saturated heterocycles. The lowest BCUT2D eigenvalue weighted by Crippen LogP contribution is -2.36. The number of rotatable bonds is 4. The van der Waals surface area contributed by atoms with Crippen LogP contribution in [0, 0.1) is 11.7 Å². The van der Waals surface area contributed by atoms with Crippen LogP contribution in [0.25, 0.3) is 0 Å². The van der Waals surface area contributed by atoms with Crippen molar-refractivity contribution >= 4 is 11.5 Å². The zero-order valence-corrected chi connectivity index (χ0v) is 12.7. The standard InChI is InChI=1S/C16H24FN3O/c1-3-11-4-7-13(8-5-11)20(2)15-9-6-12(17)10-14(15)16(18)19-21/h6,9-11,13,21H,3-5,7-8H2,1-2H3,(H2,18,19). The first-order valence-corrected chi connectivity index (χ1v) is 7.57. The van der Waals surface area contributed by atoms with Gasteiger partial charge in [0.05, 0.1) is 0 Å². The maximum absolute atomic E-state index is 13.4. The summed E-state index contributed by atoms with van der Waals surface area (Å²) in [6, 6.07) is 4.86. The van der Waals surface area contributed by atoms with Crippen molar-refractivity contribution in [3.63, 3.8) is 0 Å². The fourth-order valence-electron chi connectivity index (χ4n) is 3.21. The minimum Gasteiger partial charge on any atom is -0.409 e. The summed E-state index contributed by atoms with van der Waals surface area (Å²) in [5.41, 5.74) is 6.94. The van der Waals surface area contributed by atoms with Crippen LogP contribution in [0.15, 0.2) is 23.4 Å². The normalized spacial score (nSPS) is 23.1. The zero-order chi connectivity index (χ0) is 15.4. The first-order chi connectivity index (χ1) is 10.1. The van der Waals surface area contributed by atoms with Crippen molar-refractivity contribution < 1.29 is 9.60 Å². The summed E-state index contributed by atoms with van der Waals surface area (Å²) in [6.07, 6.45) is 5.95. The smallest absolute Gasteiger partial charge is 0.172 e. The Morgan fingerprint density at radius 2 is 2.05 bits per heavy atom. The molecule has 0 atom stereocenters. The molecule has 0 amide bonds. The summed E-state index contributed by atoms with van der Waals surface area (Å²) in [5.74, 6) is 0.383. The van der Waals surface area contributed by atoms with Gasteiger partial charge in [-0.1, -0.05) is 18.5 Å². The van der Waals surface area contributed by atoms with Crippen molar-refractivity contribution in [1.82, 2.24) is 0 Å². The number of hydrogen-bond donors (Lipinski definition) is 2. The number of halogens is 1. The molecule has 0 aromatic heterocycles. The van der Waals surface area contributed by atoms with Crippen LogP contribution >= 0.6 is 0 Å². The Balaban J connectivity index is 2.21. The molecule has 5 heteroatoms. The third kappa shape index (κ3) is 3.46. The van der Waals surface area contributed by atoms with Crippen LogP contribution in [0.5, 0.6) is 0 Å². The van der Waals surface area contributed by atoms with Crippen molar-refractivity contribution in [2.24, 2.45) is 16.8 Å². The Morgan fingerprint density at radius 1 is 1.38 bits per heavy atom. The minimum atomic E-state index is -0.386. The van der Waals surface area contributed by atoms with Crippen molar-refractivity contribution in [3.8, 4) is 0 Å². The third-order valence-corrected chi connectivity index (χ3v) is 4.66. The quantitative estimate of drug-likeness (QED) is 0.387. The van der Waals surface area contributed by atoms with Crippen molar-refractivity contribution in [2.75, 3.05) is 11.9 Å². The van der Waals surface area contributed by atoms with Crippen LogP contribution in [-0.4, -0.2) is 24.1 Å². The number of nitrogens with zero attached hydrogens (tertiary/aromatic N) is 2. The second-order valence-corrected chi connectivity index (χ2v) is 5.84. The molecule has 0 spiro atoms. The maximum atomic E-state index is 13.4. The van der Waals surface area contributed by atoms with Gasteiger partial charge in [-0.25, -0.2) is 4.39 Å². The zero-order valence-electron chi connectivity index (χ0n) is 12.7. The average molecular weight is 293 g/mol. The first-order valence-electron chi connectivity index (χ1n) is 7.57. The van der Waals surface area contributed by atoms with Crippen LogP contribution in [0.1, 0.15) is 44.6 Å². The molecule has 1 aromatic carbocycles. The Kier molecular flexibility index (Phi) is 5.04. The van der Waals surface area contributed by atoms with E-state index in [0.717, 1.165) is 24.4 Å². The van der Waals surface area contributed by atoms with E-state index in [1.807, 2.05) is 7.05 Å². The molecule has 3 N–H and O–H groups in total. The topological polar surface area (TPSA) is 61.8 Å². The summed E-state index contributed by atoms with van der Waals surface area (Å²) in [5, 5.41) is 11.9. The molecule has 0 bridgehead atoms. The number of amidine groups is 1. The van der Waals surface area contributed by atoms with Gasteiger partial charge in [-0.3, -0.25) is 0 Å². The van der Waals surface area contributed by atoms with Gasteiger partial charge in [0.1, 0.15) is 5.82 Å². The van der Waals surface area contributed by atoms with E-state index in [2.05, 4.69) is 17.0 Å². The Morgan fingerprint density at radius 3 is 2.62 bits per heavy atom. The van der Waals surface area contributed by atoms with Crippen molar-refractivity contribution in [1.29, 1.82) is 0 Å². The van der Waals surface area contributed by atoms with E-state index in [0.29, 0.717) is 11.6 Å². The molecule has 0 aliphatic heterocycles. The van der Waals surface area contributed by atoms with Gasteiger partial charge in [-0.05, 0) is 49.8 Å². The van der Waals surface area contributed by atoms with Gasteiger partial charge in [0.25, 0.3) is 0 Å². The predicted octanol–water partition coefficient (Wildman–Crippen LogP) is 3.33. The molecule has 2 rings (SSSR count). The Bertz CT molecular complexity index is 510. The van der Waals surface area contributed by atoms with E-state index in [1.54, 1.807) is 6.07 Å². The van der Waals surface area contributed by atoms with Gasteiger partial charge in [-0.15, -0.1) is 0 Å². The lowest BCUT2D eigenvalue weighted by atomic mass is 9.84. The van der Waals surface area contributed by atoms with E-state index in [-0.39, 0.29) is 11.7 Å². The van der Waals surface area contributed by atoms with Crippen LogP contribution in [0.3, 0.4) is 0 Å². The molecule has 0 unspecified atom stereocenters. The molecule has 1 aliphatic carbocycles. The van der Waals surface area contributed by atoms with Crippen molar-refractivity contribution in [3.05, 3.63) is 29.6 Å². The fourth-order valence-corrected chi connectivity index (χ4v) is 3.21. The Hall–Kier alpha value is -1.78. The molecule has 21 heavy (non-hydrogen) atoms. The molecule has 0 radical (unpaired) electrons. The molecule has 0 heterocycles. The van der Waals surface area contributed by atoms with E-state index in [9.17, 15) is 4.39 Å². The van der Waals surface area contributed by atoms with Gasteiger partial charge in [0.15, 0.2) is 5.84 Å². The van der Waals surface area contributed by atoms with Crippen LogP contribution in [-0.2, 0) is 0 Å². The SMILES string of the molecule is CCC1CCC(N(C)c2ccc(F)cc2C(N)=NO)CC1. The summed E-state index contributed by atoms with van der Waals surface area (Å²) in [6.45, 7) is 2.24. The molecule has 1 aromatic rings. The van der Waals surface area contributed by atoms with E-state index >= 15 is 0 Å². The fraction of sp³-hybridized carbons (Fsp3) is 0.562. The number of nitrogens with two attached hydrogens (primary N) is 1. The summed E-state index contributed by atoms with van der Waals surface area (Å²) in [7, 11) is 2.00. The number of benzene rings is 1. The minimum absolute atomic E-state index is 0.0569.